The predicted octanol–water partition coefficient (Wildman–Crippen LogP) is 4.57. The number of carbonyl (C=O) groups excluding carboxylic acids is 1. The van der Waals surface area contributed by atoms with Gasteiger partial charge >= 0.3 is 0 Å². The smallest absolute Gasteiger partial charge is 0.143 e. The zero-order valence-electron chi connectivity index (χ0n) is 15.9. The van der Waals surface area contributed by atoms with E-state index in [2.05, 4.69) is 12.1 Å². The quantitative estimate of drug-likeness (QED) is 0.750. The molecule has 1 N–H and O–H groups in total. The first-order chi connectivity index (χ1) is 13.6. The molecule has 2 unspecified atom stereocenters. The second-order valence-corrected chi connectivity index (χ2v) is 7.27. The standard InChI is InChI=1S/C24H24O4/c1-27-15-16-28-24-13-11-20(25)22(23(24)21(26)12-14-24)19-9-7-18(8-10-19)17-5-3-2-4-6-17/h2-11,13,23,25H,12,14-16H2,1H3. The molecule has 0 bridgehead atoms. The number of hydrogen-bond donors (Lipinski definition) is 1. The molecule has 2 aliphatic rings. The van der Waals surface area contributed by atoms with Crippen LogP contribution in [0.3, 0.4) is 0 Å². The summed E-state index contributed by atoms with van der Waals surface area (Å²) < 4.78 is 11.2. The normalized spacial score (nSPS) is 23.9. The van der Waals surface area contributed by atoms with Gasteiger partial charge in [-0.25, -0.2) is 0 Å². The fourth-order valence-electron chi connectivity index (χ4n) is 4.23. The predicted molar refractivity (Wildman–Crippen MR) is 109 cm³/mol. The van der Waals surface area contributed by atoms with Crippen molar-refractivity contribution in [1.82, 2.24) is 0 Å². The van der Waals surface area contributed by atoms with Crippen LogP contribution in [0.2, 0.25) is 0 Å². The SMILES string of the molecule is COCCOC12C=CC(O)=C(c3ccc(-c4ccccc4)cc3)C1C(=O)CC2. The molecule has 144 valence electrons. The maximum Gasteiger partial charge on any atom is 0.143 e. The highest BCUT2D eigenvalue weighted by atomic mass is 16.5. The van der Waals surface area contributed by atoms with Gasteiger partial charge in [0.15, 0.2) is 0 Å². The van der Waals surface area contributed by atoms with Crippen LogP contribution in [0.5, 0.6) is 0 Å². The Balaban J connectivity index is 1.68. The van der Waals surface area contributed by atoms with Crippen molar-refractivity contribution < 1.29 is 19.4 Å². The molecule has 2 atom stereocenters. The van der Waals surface area contributed by atoms with E-state index in [-0.39, 0.29) is 11.5 Å². The number of Topliss-reactive ketones (excluding diaryl/α,β-unsaturated/α-hetero) is 1. The average Bonchev–Trinajstić information content (AvgIpc) is 3.06. The van der Waals surface area contributed by atoms with Gasteiger partial charge in [-0.2, -0.15) is 0 Å². The van der Waals surface area contributed by atoms with Crippen molar-refractivity contribution in [2.75, 3.05) is 20.3 Å². The summed E-state index contributed by atoms with van der Waals surface area (Å²) in [6.07, 6.45) is 4.58. The Hall–Kier alpha value is -2.69. The number of rotatable bonds is 6. The van der Waals surface area contributed by atoms with Crippen molar-refractivity contribution in [2.24, 2.45) is 5.92 Å². The van der Waals surface area contributed by atoms with Gasteiger partial charge in [0.05, 0.1) is 19.1 Å². The van der Waals surface area contributed by atoms with Gasteiger partial charge in [-0.3, -0.25) is 4.79 Å². The number of carbonyl (C=O) groups is 1. The molecule has 0 aromatic heterocycles. The fourth-order valence-corrected chi connectivity index (χ4v) is 4.23. The Morgan fingerprint density at radius 2 is 1.68 bits per heavy atom. The van der Waals surface area contributed by atoms with Gasteiger partial charge in [-0.1, -0.05) is 54.6 Å². The van der Waals surface area contributed by atoms with Crippen LogP contribution < -0.4 is 0 Å². The highest BCUT2D eigenvalue weighted by molar-refractivity contribution is 5.99. The van der Waals surface area contributed by atoms with E-state index < -0.39 is 11.5 Å². The minimum absolute atomic E-state index is 0.107. The lowest BCUT2D eigenvalue weighted by Gasteiger charge is -2.36. The van der Waals surface area contributed by atoms with Crippen LogP contribution in [-0.4, -0.2) is 36.8 Å². The van der Waals surface area contributed by atoms with Crippen molar-refractivity contribution in [3.63, 3.8) is 0 Å². The third-order valence-electron chi connectivity index (χ3n) is 5.62. The number of aliphatic hydroxyl groups is 1. The molecule has 2 aromatic rings. The number of ether oxygens (including phenoxy) is 2. The molecule has 4 heteroatoms. The van der Waals surface area contributed by atoms with Gasteiger partial charge in [-0.15, -0.1) is 0 Å². The maximum absolute atomic E-state index is 12.8. The molecule has 28 heavy (non-hydrogen) atoms. The monoisotopic (exact) mass is 376 g/mol. The van der Waals surface area contributed by atoms with Crippen LogP contribution >= 0.6 is 0 Å². The van der Waals surface area contributed by atoms with E-state index >= 15 is 0 Å². The largest absolute Gasteiger partial charge is 0.508 e. The maximum atomic E-state index is 12.8. The summed E-state index contributed by atoms with van der Waals surface area (Å²) >= 11 is 0. The van der Waals surface area contributed by atoms with E-state index in [4.69, 9.17) is 9.47 Å². The third-order valence-corrected chi connectivity index (χ3v) is 5.62. The molecule has 2 aromatic carbocycles. The van der Waals surface area contributed by atoms with Crippen molar-refractivity contribution in [3.8, 4) is 11.1 Å². The number of hydrogen-bond acceptors (Lipinski definition) is 4. The molecule has 1 saturated carbocycles. The summed E-state index contributed by atoms with van der Waals surface area (Å²) in [7, 11) is 1.63. The molecule has 1 fully saturated rings. The zero-order chi connectivity index (χ0) is 19.6. The van der Waals surface area contributed by atoms with Gasteiger partial charge in [-0.05, 0) is 35.3 Å². The minimum Gasteiger partial charge on any atom is -0.508 e. The summed E-state index contributed by atoms with van der Waals surface area (Å²) in [5.74, 6) is -0.244. The first-order valence-corrected chi connectivity index (χ1v) is 9.58. The average molecular weight is 376 g/mol. The summed E-state index contributed by atoms with van der Waals surface area (Å²) in [5, 5.41) is 10.6. The Bertz CT molecular complexity index is 911. The number of methoxy groups -OCH3 is 1. The van der Waals surface area contributed by atoms with Gasteiger partial charge in [0.1, 0.15) is 17.1 Å². The highest BCUT2D eigenvalue weighted by Gasteiger charge is 2.51. The number of benzene rings is 2. The Morgan fingerprint density at radius 1 is 1.00 bits per heavy atom. The number of ketones is 1. The molecule has 0 heterocycles. The van der Waals surface area contributed by atoms with Crippen LogP contribution in [0.4, 0.5) is 0 Å². The number of aliphatic hydroxyl groups excluding tert-OH is 1. The molecule has 0 saturated heterocycles. The van der Waals surface area contributed by atoms with Gasteiger partial charge in [0.25, 0.3) is 0 Å². The van der Waals surface area contributed by atoms with Gasteiger partial charge in [0.2, 0.25) is 0 Å². The van der Waals surface area contributed by atoms with Crippen molar-refractivity contribution >= 4 is 11.4 Å². The topological polar surface area (TPSA) is 55.8 Å². The van der Waals surface area contributed by atoms with Crippen molar-refractivity contribution in [2.45, 2.75) is 18.4 Å². The van der Waals surface area contributed by atoms with E-state index in [0.717, 1.165) is 16.7 Å². The molecular weight excluding hydrogens is 352 g/mol. The van der Waals surface area contributed by atoms with Crippen LogP contribution in [0.25, 0.3) is 16.7 Å². The second kappa shape index (κ2) is 7.74. The third kappa shape index (κ3) is 3.30. The van der Waals surface area contributed by atoms with Crippen molar-refractivity contribution in [1.29, 1.82) is 0 Å². The van der Waals surface area contributed by atoms with Crippen LogP contribution in [0.1, 0.15) is 18.4 Å². The Labute approximate surface area is 165 Å². The van der Waals surface area contributed by atoms with Crippen molar-refractivity contribution in [3.05, 3.63) is 78.1 Å². The second-order valence-electron chi connectivity index (χ2n) is 7.27. The van der Waals surface area contributed by atoms with E-state index in [1.165, 1.54) is 0 Å². The molecular formula is C24H24O4. The minimum atomic E-state index is -0.699. The molecule has 4 nitrogen and oxygen atoms in total. The zero-order valence-corrected chi connectivity index (χ0v) is 15.9. The molecule has 0 radical (unpaired) electrons. The molecule has 0 aliphatic heterocycles. The van der Waals surface area contributed by atoms with E-state index in [1.807, 2.05) is 48.5 Å². The summed E-state index contributed by atoms with van der Waals surface area (Å²) in [6, 6.07) is 18.1. The molecule has 4 rings (SSSR count). The van der Waals surface area contributed by atoms with Gasteiger partial charge in [0, 0.05) is 19.1 Å². The Kier molecular flexibility index (Phi) is 5.16. The summed E-state index contributed by atoms with van der Waals surface area (Å²) in [6.45, 7) is 0.874. The summed E-state index contributed by atoms with van der Waals surface area (Å²) in [5.41, 5.74) is 3.03. The lowest BCUT2D eigenvalue weighted by atomic mass is 9.76. The van der Waals surface area contributed by atoms with Gasteiger partial charge < -0.3 is 14.6 Å². The molecule has 2 aliphatic carbocycles. The molecule has 0 amide bonds. The lowest BCUT2D eigenvalue weighted by molar-refractivity contribution is -0.123. The Morgan fingerprint density at radius 3 is 2.39 bits per heavy atom. The van der Waals surface area contributed by atoms with Crippen LogP contribution in [0, 0.1) is 5.92 Å². The van der Waals surface area contributed by atoms with E-state index in [0.29, 0.717) is 31.6 Å². The first-order valence-electron chi connectivity index (χ1n) is 9.58. The van der Waals surface area contributed by atoms with E-state index in [9.17, 15) is 9.90 Å². The fraction of sp³-hybridized carbons (Fsp3) is 0.292. The molecule has 0 spiro atoms. The first kappa shape index (κ1) is 18.7. The van der Waals surface area contributed by atoms with Crippen LogP contribution in [-0.2, 0) is 14.3 Å². The number of fused-ring (bicyclic) bond motifs is 1. The highest BCUT2D eigenvalue weighted by Crippen LogP contribution is 2.48. The number of allylic oxidation sites excluding steroid dienone is 1. The van der Waals surface area contributed by atoms with Crippen LogP contribution in [0.15, 0.2) is 72.5 Å². The summed E-state index contributed by atoms with van der Waals surface area (Å²) in [4.78, 5) is 12.8. The van der Waals surface area contributed by atoms with E-state index in [1.54, 1.807) is 13.2 Å². The lowest BCUT2D eigenvalue weighted by Crippen LogP contribution is -2.40.